The molecule has 1 atom stereocenters. The van der Waals surface area contributed by atoms with Crippen LogP contribution in [-0.4, -0.2) is 35.9 Å². The number of nitrogens with zero attached hydrogens (tertiary/aromatic N) is 2. The summed E-state index contributed by atoms with van der Waals surface area (Å²) in [5, 5.41) is 2.65. The number of hydrogen-bond donors (Lipinski definition) is 1. The van der Waals surface area contributed by atoms with Crippen LogP contribution in [0.4, 0.5) is 10.2 Å². The Morgan fingerprint density at radius 2 is 2.42 bits per heavy atom. The third-order valence-electron chi connectivity index (χ3n) is 3.63. The van der Waals surface area contributed by atoms with E-state index in [1.807, 2.05) is 0 Å². The fraction of sp³-hybridized carbons (Fsp3) is 0.571. The molecule has 104 valence electrons. The fourth-order valence-electron chi connectivity index (χ4n) is 2.61. The van der Waals surface area contributed by atoms with Gasteiger partial charge in [-0.2, -0.15) is 0 Å². The molecular weight excluding hydrogens is 245 g/mol. The van der Waals surface area contributed by atoms with Gasteiger partial charge in [0.25, 0.3) is 5.91 Å². The van der Waals surface area contributed by atoms with Gasteiger partial charge in [-0.05, 0) is 24.8 Å². The summed E-state index contributed by atoms with van der Waals surface area (Å²) in [6.45, 7) is 3.61. The predicted molar refractivity (Wildman–Crippen MR) is 72.7 cm³/mol. The first-order valence-corrected chi connectivity index (χ1v) is 6.78. The summed E-state index contributed by atoms with van der Waals surface area (Å²) in [4.78, 5) is 17.9. The van der Waals surface area contributed by atoms with Gasteiger partial charge in [0.05, 0.1) is 5.56 Å². The Balaban J connectivity index is 2.12. The van der Waals surface area contributed by atoms with Gasteiger partial charge in [0.2, 0.25) is 0 Å². The largest absolute Gasteiger partial charge is 0.371 e. The van der Waals surface area contributed by atoms with E-state index in [1.165, 1.54) is 12.3 Å². The van der Waals surface area contributed by atoms with E-state index < -0.39 is 5.82 Å². The van der Waals surface area contributed by atoms with Crippen molar-refractivity contribution in [3.63, 3.8) is 0 Å². The number of pyridine rings is 1. The predicted octanol–water partition coefficient (Wildman–Crippen LogP) is 2.52. The molecule has 2 heterocycles. The molecule has 0 aliphatic carbocycles. The maximum absolute atomic E-state index is 14.0. The highest BCUT2D eigenvalue weighted by atomic mass is 19.1. The lowest BCUT2D eigenvalue weighted by Gasteiger charge is -2.17. The topological polar surface area (TPSA) is 45.2 Å². The number of aromatic nitrogens is 1. The molecule has 1 aliphatic heterocycles. The number of rotatable bonds is 4. The molecule has 1 N–H and O–H groups in total. The molecule has 1 aliphatic rings. The molecule has 5 heteroatoms. The minimum atomic E-state index is -0.561. The number of anilines is 1. The van der Waals surface area contributed by atoms with Gasteiger partial charge >= 0.3 is 0 Å². The average molecular weight is 265 g/mol. The summed E-state index contributed by atoms with van der Waals surface area (Å²) < 4.78 is 14.0. The second-order valence-corrected chi connectivity index (χ2v) is 4.97. The number of likely N-dealkylation sites (tertiary alicyclic amines) is 1. The number of amides is 1. The van der Waals surface area contributed by atoms with E-state index in [0.29, 0.717) is 5.92 Å². The lowest BCUT2D eigenvalue weighted by Crippen LogP contribution is -2.29. The van der Waals surface area contributed by atoms with Crippen molar-refractivity contribution in [2.24, 2.45) is 5.92 Å². The van der Waals surface area contributed by atoms with Crippen LogP contribution in [0.25, 0.3) is 0 Å². The Labute approximate surface area is 113 Å². The zero-order chi connectivity index (χ0) is 13.8. The van der Waals surface area contributed by atoms with Gasteiger partial charge in [-0.25, -0.2) is 9.37 Å². The summed E-state index contributed by atoms with van der Waals surface area (Å²) in [7, 11) is 1.59. The Kier molecular flexibility index (Phi) is 4.35. The summed E-state index contributed by atoms with van der Waals surface area (Å²) >= 11 is 0. The minimum Gasteiger partial charge on any atom is -0.371 e. The van der Waals surface area contributed by atoms with Crippen LogP contribution in [0.2, 0.25) is 0 Å². The molecule has 1 amide bonds. The molecule has 2 rings (SSSR count). The first kappa shape index (κ1) is 13.8. The van der Waals surface area contributed by atoms with Gasteiger partial charge in [0, 0.05) is 26.3 Å². The quantitative estimate of drug-likeness (QED) is 0.910. The SMILES string of the molecule is CCCC1CCN(C(=O)c2ccnc(NC)c2F)C1. The highest BCUT2D eigenvalue weighted by Crippen LogP contribution is 2.24. The molecule has 1 aromatic rings. The highest BCUT2D eigenvalue weighted by molar-refractivity contribution is 5.95. The van der Waals surface area contributed by atoms with Crippen molar-refractivity contribution in [3.8, 4) is 0 Å². The number of carbonyl (C=O) groups excluding carboxylic acids is 1. The zero-order valence-electron chi connectivity index (χ0n) is 11.4. The van der Waals surface area contributed by atoms with Crippen molar-refractivity contribution in [1.29, 1.82) is 0 Å². The standard InChI is InChI=1S/C14H20FN3O/c1-3-4-10-6-8-18(9-10)14(19)11-5-7-17-13(16-2)12(11)15/h5,7,10H,3-4,6,8-9H2,1-2H3,(H,16,17). The average Bonchev–Trinajstić information content (AvgIpc) is 2.87. The molecule has 0 aromatic carbocycles. The molecule has 0 bridgehead atoms. The Bertz CT molecular complexity index is 464. The zero-order valence-corrected chi connectivity index (χ0v) is 11.4. The maximum Gasteiger partial charge on any atom is 0.257 e. The normalized spacial score (nSPS) is 18.7. The number of carbonyl (C=O) groups is 1. The van der Waals surface area contributed by atoms with Gasteiger partial charge in [0.1, 0.15) is 0 Å². The Morgan fingerprint density at radius 1 is 1.63 bits per heavy atom. The van der Waals surface area contributed by atoms with Gasteiger partial charge in [0.15, 0.2) is 11.6 Å². The van der Waals surface area contributed by atoms with Crippen LogP contribution in [0.15, 0.2) is 12.3 Å². The van der Waals surface area contributed by atoms with Gasteiger partial charge in [-0.15, -0.1) is 0 Å². The van der Waals surface area contributed by atoms with Crippen molar-refractivity contribution < 1.29 is 9.18 Å². The van der Waals surface area contributed by atoms with Crippen molar-refractivity contribution in [1.82, 2.24) is 9.88 Å². The third kappa shape index (κ3) is 2.85. The smallest absolute Gasteiger partial charge is 0.257 e. The lowest BCUT2D eigenvalue weighted by atomic mass is 10.0. The van der Waals surface area contributed by atoms with Crippen LogP contribution < -0.4 is 5.32 Å². The van der Waals surface area contributed by atoms with Crippen LogP contribution in [0.3, 0.4) is 0 Å². The van der Waals surface area contributed by atoms with Crippen molar-refractivity contribution in [2.75, 3.05) is 25.5 Å². The van der Waals surface area contributed by atoms with Crippen molar-refractivity contribution >= 4 is 11.7 Å². The number of hydrogen-bond acceptors (Lipinski definition) is 3. The Hall–Kier alpha value is -1.65. The van der Waals surface area contributed by atoms with Gasteiger partial charge in [-0.1, -0.05) is 13.3 Å². The van der Waals surface area contributed by atoms with Gasteiger partial charge in [-0.3, -0.25) is 4.79 Å². The second kappa shape index (κ2) is 5.99. The van der Waals surface area contributed by atoms with E-state index >= 15 is 0 Å². The summed E-state index contributed by atoms with van der Waals surface area (Å²) in [5.74, 6) is -0.110. The lowest BCUT2D eigenvalue weighted by molar-refractivity contribution is 0.0782. The van der Waals surface area contributed by atoms with E-state index in [0.717, 1.165) is 32.4 Å². The third-order valence-corrected chi connectivity index (χ3v) is 3.63. The van der Waals surface area contributed by atoms with E-state index in [1.54, 1.807) is 11.9 Å². The minimum absolute atomic E-state index is 0.108. The number of nitrogens with one attached hydrogen (secondary N) is 1. The first-order chi connectivity index (χ1) is 9.17. The number of halogens is 1. The van der Waals surface area contributed by atoms with Crippen LogP contribution >= 0.6 is 0 Å². The maximum atomic E-state index is 14.0. The molecular formula is C14H20FN3O. The van der Waals surface area contributed by atoms with Crippen LogP contribution in [0.1, 0.15) is 36.5 Å². The van der Waals surface area contributed by atoms with Crippen LogP contribution in [0.5, 0.6) is 0 Å². The summed E-state index contributed by atoms with van der Waals surface area (Å²) in [6.07, 6.45) is 4.73. The molecule has 1 fully saturated rings. The molecule has 4 nitrogen and oxygen atoms in total. The van der Waals surface area contributed by atoms with Crippen LogP contribution in [-0.2, 0) is 0 Å². The van der Waals surface area contributed by atoms with Crippen molar-refractivity contribution in [3.05, 3.63) is 23.6 Å². The molecule has 1 aromatic heterocycles. The molecule has 19 heavy (non-hydrogen) atoms. The van der Waals surface area contributed by atoms with Crippen molar-refractivity contribution in [2.45, 2.75) is 26.2 Å². The molecule has 1 unspecified atom stereocenters. The van der Waals surface area contributed by atoms with E-state index in [-0.39, 0.29) is 17.3 Å². The summed E-state index contributed by atoms with van der Waals surface area (Å²) in [6, 6.07) is 1.45. The highest BCUT2D eigenvalue weighted by Gasteiger charge is 2.28. The molecule has 0 saturated carbocycles. The Morgan fingerprint density at radius 3 is 3.11 bits per heavy atom. The monoisotopic (exact) mass is 265 g/mol. The van der Waals surface area contributed by atoms with Gasteiger partial charge < -0.3 is 10.2 Å². The second-order valence-electron chi connectivity index (χ2n) is 4.97. The van der Waals surface area contributed by atoms with E-state index in [4.69, 9.17) is 0 Å². The van der Waals surface area contributed by atoms with E-state index in [9.17, 15) is 9.18 Å². The fourth-order valence-corrected chi connectivity index (χ4v) is 2.61. The van der Waals surface area contributed by atoms with Crippen LogP contribution in [0, 0.1) is 11.7 Å². The summed E-state index contributed by atoms with van der Waals surface area (Å²) in [5.41, 5.74) is 0.108. The molecule has 1 saturated heterocycles. The molecule has 0 spiro atoms. The van der Waals surface area contributed by atoms with E-state index in [2.05, 4.69) is 17.2 Å². The molecule has 0 radical (unpaired) electrons. The first-order valence-electron chi connectivity index (χ1n) is 6.78.